The molecule has 3 aromatic rings. The minimum absolute atomic E-state index is 0.00492. The Labute approximate surface area is 193 Å². The Hall–Kier alpha value is -3.93. The molecule has 0 aliphatic carbocycles. The van der Waals surface area contributed by atoms with Gasteiger partial charge >= 0.3 is 0 Å². The van der Waals surface area contributed by atoms with Crippen LogP contribution in [-0.4, -0.2) is 42.2 Å². The van der Waals surface area contributed by atoms with E-state index in [9.17, 15) is 14.4 Å². The molecule has 2 amide bonds. The van der Waals surface area contributed by atoms with Crippen LogP contribution in [0.1, 0.15) is 28.8 Å². The Kier molecular flexibility index (Phi) is 7.15. The molecule has 168 valence electrons. The maximum Gasteiger partial charge on any atom is 0.260 e. The summed E-state index contributed by atoms with van der Waals surface area (Å²) in [4.78, 5) is 39.2. The smallest absolute Gasteiger partial charge is 0.260 e. The minimum Gasteiger partial charge on any atom is -0.484 e. The molecule has 0 saturated carbocycles. The highest BCUT2D eigenvalue weighted by atomic mass is 16.5. The van der Waals surface area contributed by atoms with Crippen LogP contribution in [0.25, 0.3) is 0 Å². The lowest BCUT2D eigenvalue weighted by atomic mass is 9.95. The van der Waals surface area contributed by atoms with Crippen LogP contribution in [0.4, 0.5) is 5.69 Å². The summed E-state index contributed by atoms with van der Waals surface area (Å²) in [5.74, 6) is 0.253. The first-order valence-corrected chi connectivity index (χ1v) is 11.1. The number of piperidine rings is 1. The Morgan fingerprint density at radius 3 is 2.00 bits per heavy atom. The average molecular weight is 443 g/mol. The highest BCUT2D eigenvalue weighted by Gasteiger charge is 2.27. The molecule has 3 aromatic carbocycles. The van der Waals surface area contributed by atoms with Gasteiger partial charge in [0.05, 0.1) is 0 Å². The molecule has 0 spiro atoms. The van der Waals surface area contributed by atoms with Crippen LogP contribution < -0.4 is 10.1 Å². The molecule has 1 heterocycles. The zero-order valence-corrected chi connectivity index (χ0v) is 18.3. The summed E-state index contributed by atoms with van der Waals surface area (Å²) in [6.07, 6.45) is 1.25. The number of amides is 2. The van der Waals surface area contributed by atoms with Crippen LogP contribution in [0.15, 0.2) is 84.9 Å². The largest absolute Gasteiger partial charge is 0.484 e. The maximum absolute atomic E-state index is 12.5. The van der Waals surface area contributed by atoms with E-state index in [0.29, 0.717) is 42.8 Å². The van der Waals surface area contributed by atoms with Gasteiger partial charge in [-0.25, -0.2) is 0 Å². The van der Waals surface area contributed by atoms with Crippen LogP contribution in [0.3, 0.4) is 0 Å². The van der Waals surface area contributed by atoms with E-state index in [1.807, 2.05) is 48.5 Å². The molecule has 0 atom stereocenters. The lowest BCUT2D eigenvalue weighted by Gasteiger charge is -2.31. The van der Waals surface area contributed by atoms with Gasteiger partial charge in [-0.1, -0.05) is 48.5 Å². The van der Waals surface area contributed by atoms with Crippen molar-refractivity contribution >= 4 is 23.3 Å². The summed E-state index contributed by atoms with van der Waals surface area (Å²) in [7, 11) is 0. The number of anilines is 1. The average Bonchev–Trinajstić information content (AvgIpc) is 2.88. The Bertz CT molecular complexity index is 1090. The molecule has 1 saturated heterocycles. The third-order valence-corrected chi connectivity index (χ3v) is 5.77. The molecule has 1 N–H and O–H groups in total. The second kappa shape index (κ2) is 10.6. The van der Waals surface area contributed by atoms with E-state index in [4.69, 9.17) is 4.74 Å². The van der Waals surface area contributed by atoms with Crippen molar-refractivity contribution < 1.29 is 19.1 Å². The van der Waals surface area contributed by atoms with Crippen molar-refractivity contribution in [1.82, 2.24) is 4.90 Å². The predicted octanol–water partition coefficient (Wildman–Crippen LogP) is 4.17. The second-order valence-corrected chi connectivity index (χ2v) is 8.02. The topological polar surface area (TPSA) is 75.7 Å². The van der Waals surface area contributed by atoms with Crippen molar-refractivity contribution in [2.75, 3.05) is 25.0 Å². The van der Waals surface area contributed by atoms with Crippen LogP contribution in [0.5, 0.6) is 5.75 Å². The minimum atomic E-state index is -0.110. The molecule has 0 unspecified atom stereocenters. The number of carbonyl (C=O) groups is 3. The molecule has 0 radical (unpaired) electrons. The summed E-state index contributed by atoms with van der Waals surface area (Å²) < 4.78 is 5.63. The van der Waals surface area contributed by atoms with Crippen molar-refractivity contribution in [3.8, 4) is 5.75 Å². The van der Waals surface area contributed by atoms with Crippen LogP contribution in [-0.2, 0) is 9.59 Å². The number of para-hydroxylation sites is 1. The first kappa shape index (κ1) is 22.3. The van der Waals surface area contributed by atoms with E-state index in [2.05, 4.69) is 5.32 Å². The van der Waals surface area contributed by atoms with Gasteiger partial charge in [0.1, 0.15) is 5.75 Å². The third-order valence-electron chi connectivity index (χ3n) is 5.77. The van der Waals surface area contributed by atoms with Gasteiger partial charge in [0, 0.05) is 35.8 Å². The number of carbonyl (C=O) groups excluding carboxylic acids is 3. The van der Waals surface area contributed by atoms with E-state index in [0.717, 1.165) is 5.69 Å². The van der Waals surface area contributed by atoms with Gasteiger partial charge in [-0.2, -0.15) is 0 Å². The zero-order valence-electron chi connectivity index (χ0n) is 18.3. The van der Waals surface area contributed by atoms with E-state index in [-0.39, 0.29) is 30.1 Å². The number of likely N-dealkylation sites (tertiary alicyclic amines) is 1. The molecule has 6 nitrogen and oxygen atoms in total. The van der Waals surface area contributed by atoms with Gasteiger partial charge in [0.2, 0.25) is 5.91 Å². The second-order valence-electron chi connectivity index (χ2n) is 8.02. The molecule has 1 aliphatic rings. The van der Waals surface area contributed by atoms with E-state index >= 15 is 0 Å². The molecular weight excluding hydrogens is 416 g/mol. The fourth-order valence-corrected chi connectivity index (χ4v) is 3.85. The number of ether oxygens (including phenoxy) is 1. The van der Waals surface area contributed by atoms with Crippen LogP contribution in [0.2, 0.25) is 0 Å². The Balaban J connectivity index is 1.22. The van der Waals surface area contributed by atoms with E-state index in [1.165, 1.54) is 0 Å². The van der Waals surface area contributed by atoms with Crippen molar-refractivity contribution in [2.24, 2.45) is 5.92 Å². The number of nitrogens with one attached hydrogen (secondary N) is 1. The lowest BCUT2D eigenvalue weighted by Crippen LogP contribution is -2.43. The first-order chi connectivity index (χ1) is 16.1. The summed E-state index contributed by atoms with van der Waals surface area (Å²) in [6, 6.07) is 25.3. The van der Waals surface area contributed by atoms with Gasteiger partial charge < -0.3 is 15.0 Å². The van der Waals surface area contributed by atoms with Crippen molar-refractivity contribution in [3.05, 3.63) is 96.1 Å². The summed E-state index contributed by atoms with van der Waals surface area (Å²) in [5, 5.41) is 2.93. The SMILES string of the molecule is O=C(c1ccccc1)c1ccc(OCC(=O)N2CCC(C(=O)Nc3ccccc3)CC2)cc1. The normalized spacial score (nSPS) is 13.9. The maximum atomic E-state index is 12.5. The number of nitrogens with zero attached hydrogens (tertiary/aromatic N) is 1. The monoisotopic (exact) mass is 442 g/mol. The number of rotatable bonds is 7. The van der Waals surface area contributed by atoms with Gasteiger partial charge in [0.25, 0.3) is 5.91 Å². The Morgan fingerprint density at radius 1 is 0.788 bits per heavy atom. The summed E-state index contributed by atoms with van der Waals surface area (Å²) >= 11 is 0. The molecule has 0 aromatic heterocycles. The fourth-order valence-electron chi connectivity index (χ4n) is 3.85. The molecule has 1 fully saturated rings. The number of hydrogen-bond donors (Lipinski definition) is 1. The van der Waals surface area contributed by atoms with Crippen molar-refractivity contribution in [1.29, 1.82) is 0 Å². The van der Waals surface area contributed by atoms with Gasteiger partial charge in [-0.15, -0.1) is 0 Å². The number of benzene rings is 3. The summed E-state index contributed by atoms with van der Waals surface area (Å²) in [5.41, 5.74) is 1.98. The van der Waals surface area contributed by atoms with Crippen LogP contribution in [0, 0.1) is 5.92 Å². The molecule has 6 heteroatoms. The zero-order chi connectivity index (χ0) is 23.0. The van der Waals surface area contributed by atoms with E-state index < -0.39 is 0 Å². The molecule has 4 rings (SSSR count). The van der Waals surface area contributed by atoms with E-state index in [1.54, 1.807) is 41.3 Å². The van der Waals surface area contributed by atoms with Crippen molar-refractivity contribution in [3.63, 3.8) is 0 Å². The lowest BCUT2D eigenvalue weighted by molar-refractivity contribution is -0.136. The molecule has 1 aliphatic heterocycles. The Morgan fingerprint density at radius 2 is 1.36 bits per heavy atom. The summed E-state index contributed by atoms with van der Waals surface area (Å²) in [6.45, 7) is 0.978. The van der Waals surface area contributed by atoms with Gasteiger partial charge in [-0.3, -0.25) is 14.4 Å². The van der Waals surface area contributed by atoms with Crippen molar-refractivity contribution in [2.45, 2.75) is 12.8 Å². The molecular formula is C27H26N2O4. The predicted molar refractivity (Wildman–Crippen MR) is 126 cm³/mol. The van der Waals surface area contributed by atoms with Gasteiger partial charge in [0.15, 0.2) is 12.4 Å². The molecule has 33 heavy (non-hydrogen) atoms. The quantitative estimate of drug-likeness (QED) is 0.557. The number of ketones is 1. The third kappa shape index (κ3) is 5.86. The standard InChI is InChI=1S/C27H26N2O4/c30-25(29-17-15-22(16-18-29)27(32)28-23-9-5-2-6-10-23)19-33-24-13-11-21(12-14-24)26(31)20-7-3-1-4-8-20/h1-14,22H,15-19H2,(H,28,32). The fraction of sp³-hybridized carbons (Fsp3) is 0.222. The first-order valence-electron chi connectivity index (χ1n) is 11.1. The highest BCUT2D eigenvalue weighted by Crippen LogP contribution is 2.20. The molecule has 0 bridgehead atoms. The van der Waals surface area contributed by atoms with Gasteiger partial charge in [-0.05, 0) is 49.2 Å². The number of hydrogen-bond acceptors (Lipinski definition) is 4. The van der Waals surface area contributed by atoms with Crippen LogP contribution >= 0.6 is 0 Å². The highest BCUT2D eigenvalue weighted by molar-refractivity contribution is 6.09.